The molecule has 2 amide bonds. The maximum atomic E-state index is 12.5. The Kier molecular flexibility index (Phi) is 3.86. The third-order valence-corrected chi connectivity index (χ3v) is 3.69. The lowest BCUT2D eigenvalue weighted by atomic mass is 10.2. The van der Waals surface area contributed by atoms with Crippen LogP contribution < -0.4 is 5.32 Å². The van der Waals surface area contributed by atoms with Gasteiger partial charge in [-0.25, -0.2) is 4.79 Å². The Morgan fingerprint density at radius 3 is 2.67 bits per heavy atom. The first-order chi connectivity index (χ1) is 10.2. The maximum Gasteiger partial charge on any atom is 0.322 e. The highest BCUT2D eigenvalue weighted by molar-refractivity contribution is 5.90. The van der Waals surface area contributed by atoms with Gasteiger partial charge in [0.25, 0.3) is 0 Å². The number of hydrogen-bond acceptors (Lipinski definition) is 2. The van der Waals surface area contributed by atoms with E-state index in [0.29, 0.717) is 12.6 Å². The van der Waals surface area contributed by atoms with Crippen LogP contribution in [0.5, 0.6) is 0 Å². The molecule has 1 N–H and O–H groups in total. The zero-order chi connectivity index (χ0) is 14.7. The molecular formula is C17H19N3O. The summed E-state index contributed by atoms with van der Waals surface area (Å²) in [6, 6.07) is 13.9. The number of urea groups is 1. The lowest BCUT2D eigenvalue weighted by molar-refractivity contribution is 0.205. The van der Waals surface area contributed by atoms with Crippen LogP contribution in [0.15, 0.2) is 48.7 Å². The summed E-state index contributed by atoms with van der Waals surface area (Å²) in [5.74, 6) is 0. The number of hydrogen-bond donors (Lipinski definition) is 1. The first-order valence-electron chi connectivity index (χ1n) is 7.27. The van der Waals surface area contributed by atoms with E-state index in [4.69, 9.17) is 0 Å². The lowest BCUT2D eigenvalue weighted by Gasteiger charge is -2.23. The summed E-state index contributed by atoms with van der Waals surface area (Å²) in [7, 11) is 0. The summed E-state index contributed by atoms with van der Waals surface area (Å²) in [5.41, 5.74) is 2.86. The fourth-order valence-corrected chi connectivity index (χ4v) is 2.32. The van der Waals surface area contributed by atoms with Crippen molar-refractivity contribution in [1.29, 1.82) is 0 Å². The van der Waals surface area contributed by atoms with Crippen molar-refractivity contribution in [3.63, 3.8) is 0 Å². The molecule has 1 saturated carbocycles. The summed E-state index contributed by atoms with van der Waals surface area (Å²) in [6.45, 7) is 2.55. The van der Waals surface area contributed by atoms with Crippen LogP contribution in [0.4, 0.5) is 10.5 Å². The molecule has 1 fully saturated rings. The van der Waals surface area contributed by atoms with Crippen LogP contribution in [0.1, 0.15) is 24.1 Å². The molecule has 0 spiro atoms. The Morgan fingerprint density at radius 1 is 1.24 bits per heavy atom. The number of anilines is 1. The Bertz CT molecular complexity index is 623. The highest BCUT2D eigenvalue weighted by Crippen LogP contribution is 2.29. The van der Waals surface area contributed by atoms with Crippen molar-refractivity contribution in [3.05, 3.63) is 59.9 Å². The molecule has 0 radical (unpaired) electrons. The molecule has 1 aliphatic carbocycles. The number of pyridine rings is 1. The highest BCUT2D eigenvalue weighted by Gasteiger charge is 2.33. The molecule has 4 nitrogen and oxygen atoms in total. The Labute approximate surface area is 124 Å². The van der Waals surface area contributed by atoms with Crippen LogP contribution in [0.25, 0.3) is 0 Å². The minimum Gasteiger partial charge on any atom is -0.316 e. The van der Waals surface area contributed by atoms with Gasteiger partial charge in [-0.05, 0) is 43.5 Å². The van der Waals surface area contributed by atoms with Gasteiger partial charge in [-0.3, -0.25) is 4.98 Å². The Morgan fingerprint density at radius 2 is 2.00 bits per heavy atom. The van der Waals surface area contributed by atoms with Gasteiger partial charge < -0.3 is 10.2 Å². The van der Waals surface area contributed by atoms with Crippen molar-refractivity contribution in [3.8, 4) is 0 Å². The molecule has 0 unspecified atom stereocenters. The number of nitrogens with zero attached hydrogens (tertiary/aromatic N) is 2. The zero-order valence-electron chi connectivity index (χ0n) is 12.1. The molecule has 1 heterocycles. The molecule has 0 atom stereocenters. The molecule has 1 aromatic carbocycles. The van der Waals surface area contributed by atoms with Crippen LogP contribution in [0.2, 0.25) is 0 Å². The van der Waals surface area contributed by atoms with Gasteiger partial charge in [-0.1, -0.05) is 24.3 Å². The summed E-state index contributed by atoms with van der Waals surface area (Å²) in [5, 5.41) is 3.01. The molecule has 0 bridgehead atoms. The first kappa shape index (κ1) is 13.6. The molecule has 21 heavy (non-hydrogen) atoms. The SMILES string of the molecule is Cc1ccccc1NC(=O)N(Cc1ccccn1)C1CC1. The zero-order valence-corrected chi connectivity index (χ0v) is 12.1. The second-order valence-electron chi connectivity index (χ2n) is 5.43. The van der Waals surface area contributed by atoms with Gasteiger partial charge in [0, 0.05) is 17.9 Å². The number of nitrogens with one attached hydrogen (secondary N) is 1. The van der Waals surface area contributed by atoms with Gasteiger partial charge >= 0.3 is 6.03 Å². The Balaban J connectivity index is 1.72. The first-order valence-corrected chi connectivity index (χ1v) is 7.27. The van der Waals surface area contributed by atoms with Crippen molar-refractivity contribution in [1.82, 2.24) is 9.88 Å². The van der Waals surface area contributed by atoms with Crippen LogP contribution >= 0.6 is 0 Å². The third kappa shape index (κ3) is 3.40. The van der Waals surface area contributed by atoms with E-state index in [-0.39, 0.29) is 6.03 Å². The number of benzene rings is 1. The fourth-order valence-electron chi connectivity index (χ4n) is 2.32. The molecule has 1 aromatic heterocycles. The van der Waals surface area contributed by atoms with Crippen molar-refractivity contribution in [2.45, 2.75) is 32.4 Å². The summed E-state index contributed by atoms with van der Waals surface area (Å²) < 4.78 is 0. The smallest absolute Gasteiger partial charge is 0.316 e. The monoisotopic (exact) mass is 281 g/mol. The van der Waals surface area contributed by atoms with Crippen LogP contribution in [-0.2, 0) is 6.54 Å². The van der Waals surface area contributed by atoms with E-state index in [0.717, 1.165) is 29.8 Å². The Hall–Kier alpha value is -2.36. The molecule has 2 aromatic rings. The van der Waals surface area contributed by atoms with E-state index in [1.54, 1.807) is 6.20 Å². The number of aryl methyl sites for hydroxylation is 1. The fraction of sp³-hybridized carbons (Fsp3) is 0.294. The number of aromatic nitrogens is 1. The predicted molar refractivity (Wildman–Crippen MR) is 83.0 cm³/mol. The lowest BCUT2D eigenvalue weighted by Crippen LogP contribution is -2.36. The summed E-state index contributed by atoms with van der Waals surface area (Å²) in [6.07, 6.45) is 3.92. The van der Waals surface area contributed by atoms with Gasteiger partial charge in [0.05, 0.1) is 12.2 Å². The van der Waals surface area contributed by atoms with E-state index >= 15 is 0 Å². The number of rotatable bonds is 4. The molecule has 108 valence electrons. The molecule has 0 aliphatic heterocycles. The van der Waals surface area contributed by atoms with E-state index in [1.165, 1.54) is 0 Å². The van der Waals surface area contributed by atoms with Gasteiger partial charge in [-0.2, -0.15) is 0 Å². The number of carbonyl (C=O) groups is 1. The quantitative estimate of drug-likeness (QED) is 0.931. The minimum atomic E-state index is -0.0440. The van der Waals surface area contributed by atoms with Crippen molar-refractivity contribution in [2.24, 2.45) is 0 Å². The predicted octanol–water partition coefficient (Wildman–Crippen LogP) is 3.59. The van der Waals surface area contributed by atoms with Crippen LogP contribution in [-0.4, -0.2) is 22.0 Å². The van der Waals surface area contributed by atoms with Crippen LogP contribution in [0.3, 0.4) is 0 Å². The molecule has 3 rings (SSSR count). The van der Waals surface area contributed by atoms with Gasteiger partial charge in [-0.15, -0.1) is 0 Å². The molecule has 1 aliphatic rings. The number of amides is 2. The number of carbonyl (C=O) groups excluding carboxylic acids is 1. The normalized spacial score (nSPS) is 13.8. The molecule has 4 heteroatoms. The second-order valence-corrected chi connectivity index (χ2v) is 5.43. The summed E-state index contributed by atoms with van der Waals surface area (Å²) in [4.78, 5) is 18.7. The number of para-hydroxylation sites is 1. The standard InChI is InChI=1S/C17H19N3O/c1-13-6-2-3-8-16(13)19-17(21)20(15-9-10-15)12-14-7-4-5-11-18-14/h2-8,11,15H,9-10,12H2,1H3,(H,19,21). The van der Waals surface area contributed by atoms with Gasteiger partial charge in [0.1, 0.15) is 0 Å². The molecular weight excluding hydrogens is 262 g/mol. The second kappa shape index (κ2) is 5.95. The summed E-state index contributed by atoms with van der Waals surface area (Å²) >= 11 is 0. The van der Waals surface area contributed by atoms with Crippen molar-refractivity contribution < 1.29 is 4.79 Å². The third-order valence-electron chi connectivity index (χ3n) is 3.69. The van der Waals surface area contributed by atoms with E-state index in [9.17, 15) is 4.79 Å². The maximum absolute atomic E-state index is 12.5. The van der Waals surface area contributed by atoms with Crippen LogP contribution in [0, 0.1) is 6.92 Å². The highest BCUT2D eigenvalue weighted by atomic mass is 16.2. The molecule has 0 saturated heterocycles. The van der Waals surface area contributed by atoms with Crippen molar-refractivity contribution in [2.75, 3.05) is 5.32 Å². The largest absolute Gasteiger partial charge is 0.322 e. The van der Waals surface area contributed by atoms with E-state index in [2.05, 4.69) is 10.3 Å². The van der Waals surface area contributed by atoms with Gasteiger partial charge in [0.15, 0.2) is 0 Å². The van der Waals surface area contributed by atoms with E-state index in [1.807, 2.05) is 54.3 Å². The van der Waals surface area contributed by atoms with Crippen molar-refractivity contribution >= 4 is 11.7 Å². The average Bonchev–Trinajstić information content (AvgIpc) is 3.33. The van der Waals surface area contributed by atoms with Gasteiger partial charge in [0.2, 0.25) is 0 Å². The average molecular weight is 281 g/mol. The van der Waals surface area contributed by atoms with E-state index < -0.39 is 0 Å². The topological polar surface area (TPSA) is 45.2 Å². The minimum absolute atomic E-state index is 0.0440.